The summed E-state index contributed by atoms with van der Waals surface area (Å²) >= 11 is 1.86. The Morgan fingerprint density at radius 2 is 2.08 bits per heavy atom. The van der Waals surface area contributed by atoms with Gasteiger partial charge in [0.1, 0.15) is 0 Å². The van der Waals surface area contributed by atoms with Crippen LogP contribution in [0.15, 0.2) is 17.5 Å². The lowest BCUT2D eigenvalue weighted by Crippen LogP contribution is -2.43. The van der Waals surface area contributed by atoms with Crippen molar-refractivity contribution < 1.29 is 0 Å². The van der Waals surface area contributed by atoms with Gasteiger partial charge in [-0.05, 0) is 18.5 Å². The summed E-state index contributed by atoms with van der Waals surface area (Å²) in [6.07, 6.45) is 0. The Bertz CT molecular complexity index is 237. The molecule has 0 atom stereocenters. The Balaban J connectivity index is 1.83. The van der Waals surface area contributed by atoms with E-state index in [4.69, 9.17) is 0 Å². The minimum Gasteiger partial charge on any atom is -0.304 e. The van der Waals surface area contributed by atoms with E-state index in [-0.39, 0.29) is 0 Å². The quantitative estimate of drug-likeness (QED) is 0.707. The summed E-state index contributed by atoms with van der Waals surface area (Å²) in [6, 6.07) is 4.36. The zero-order valence-corrected chi connectivity index (χ0v) is 8.89. The molecular weight excluding hydrogens is 180 g/mol. The minimum absolute atomic E-state index is 1.14. The molecule has 1 aromatic rings. The SMILES string of the molecule is CN1CCN(Cc2cccs2)CC1. The molecule has 0 unspecified atom stereocenters. The van der Waals surface area contributed by atoms with E-state index in [9.17, 15) is 0 Å². The third kappa shape index (κ3) is 2.53. The first-order chi connectivity index (χ1) is 6.34. The maximum atomic E-state index is 2.53. The topological polar surface area (TPSA) is 6.48 Å². The largest absolute Gasteiger partial charge is 0.304 e. The fourth-order valence-electron chi connectivity index (χ4n) is 1.63. The molecule has 0 N–H and O–H groups in total. The molecule has 1 fully saturated rings. The van der Waals surface area contributed by atoms with Crippen LogP contribution in [0.2, 0.25) is 0 Å². The molecule has 0 aliphatic carbocycles. The van der Waals surface area contributed by atoms with Gasteiger partial charge in [-0.1, -0.05) is 6.07 Å². The standard InChI is InChI=1S/C10H16N2S/c1-11-4-6-12(7-5-11)9-10-3-2-8-13-10/h2-3,8H,4-7,9H2,1H3. The van der Waals surface area contributed by atoms with E-state index in [0.29, 0.717) is 0 Å². The number of rotatable bonds is 2. The van der Waals surface area contributed by atoms with Gasteiger partial charge in [-0.2, -0.15) is 0 Å². The monoisotopic (exact) mass is 196 g/mol. The highest BCUT2D eigenvalue weighted by atomic mass is 32.1. The molecule has 0 radical (unpaired) electrons. The summed E-state index contributed by atoms with van der Waals surface area (Å²) in [5, 5.41) is 2.16. The Hall–Kier alpha value is -0.380. The first kappa shape index (κ1) is 9.19. The van der Waals surface area contributed by atoms with Gasteiger partial charge in [-0.25, -0.2) is 0 Å². The van der Waals surface area contributed by atoms with Crippen LogP contribution in [0.25, 0.3) is 0 Å². The molecule has 2 nitrogen and oxygen atoms in total. The van der Waals surface area contributed by atoms with E-state index in [1.54, 1.807) is 0 Å². The third-order valence-corrected chi connectivity index (χ3v) is 3.42. The van der Waals surface area contributed by atoms with Crippen LogP contribution in [0.3, 0.4) is 0 Å². The van der Waals surface area contributed by atoms with Gasteiger partial charge in [-0.15, -0.1) is 11.3 Å². The maximum Gasteiger partial charge on any atom is 0.0328 e. The Morgan fingerprint density at radius 1 is 1.31 bits per heavy atom. The van der Waals surface area contributed by atoms with E-state index in [0.717, 1.165) is 6.54 Å². The van der Waals surface area contributed by atoms with Gasteiger partial charge in [0.2, 0.25) is 0 Å². The molecule has 3 heteroatoms. The number of hydrogen-bond acceptors (Lipinski definition) is 3. The lowest BCUT2D eigenvalue weighted by molar-refractivity contribution is 0.149. The average molecular weight is 196 g/mol. The van der Waals surface area contributed by atoms with Crippen molar-refractivity contribution in [1.82, 2.24) is 9.80 Å². The number of hydrogen-bond donors (Lipinski definition) is 0. The predicted molar refractivity (Wildman–Crippen MR) is 57.1 cm³/mol. The summed E-state index contributed by atoms with van der Waals surface area (Å²) in [4.78, 5) is 6.42. The molecule has 0 spiro atoms. The normalized spacial score (nSPS) is 20.7. The van der Waals surface area contributed by atoms with Crippen LogP contribution in [0.4, 0.5) is 0 Å². The molecular formula is C10H16N2S. The first-order valence-electron chi connectivity index (χ1n) is 4.78. The van der Waals surface area contributed by atoms with Crippen molar-refractivity contribution in [3.05, 3.63) is 22.4 Å². The lowest BCUT2D eigenvalue weighted by atomic mass is 10.3. The van der Waals surface area contributed by atoms with Crippen molar-refractivity contribution in [2.75, 3.05) is 33.2 Å². The van der Waals surface area contributed by atoms with Crippen molar-refractivity contribution in [3.63, 3.8) is 0 Å². The van der Waals surface area contributed by atoms with E-state index in [1.165, 1.54) is 31.1 Å². The van der Waals surface area contributed by atoms with Crippen LogP contribution in [-0.2, 0) is 6.54 Å². The predicted octanol–water partition coefficient (Wildman–Crippen LogP) is 1.50. The van der Waals surface area contributed by atoms with E-state index >= 15 is 0 Å². The van der Waals surface area contributed by atoms with Crippen molar-refractivity contribution in [2.24, 2.45) is 0 Å². The van der Waals surface area contributed by atoms with E-state index in [1.807, 2.05) is 11.3 Å². The van der Waals surface area contributed by atoms with Gasteiger partial charge < -0.3 is 4.90 Å². The Kier molecular flexibility index (Phi) is 2.98. The highest BCUT2D eigenvalue weighted by Gasteiger charge is 2.13. The molecule has 0 amide bonds. The molecule has 13 heavy (non-hydrogen) atoms. The van der Waals surface area contributed by atoms with Crippen molar-refractivity contribution >= 4 is 11.3 Å². The number of likely N-dealkylation sites (N-methyl/N-ethyl adjacent to an activating group) is 1. The second-order valence-electron chi connectivity index (χ2n) is 3.66. The van der Waals surface area contributed by atoms with Gasteiger partial charge in [0.05, 0.1) is 0 Å². The van der Waals surface area contributed by atoms with E-state index < -0.39 is 0 Å². The van der Waals surface area contributed by atoms with Gasteiger partial charge in [0.25, 0.3) is 0 Å². The molecule has 0 aromatic carbocycles. The molecule has 2 rings (SSSR count). The highest BCUT2D eigenvalue weighted by Crippen LogP contribution is 2.12. The van der Waals surface area contributed by atoms with Crippen molar-refractivity contribution in [1.29, 1.82) is 0 Å². The molecule has 0 bridgehead atoms. The summed E-state index contributed by atoms with van der Waals surface area (Å²) in [5.41, 5.74) is 0. The maximum absolute atomic E-state index is 2.53. The molecule has 72 valence electrons. The fourth-order valence-corrected chi connectivity index (χ4v) is 2.38. The first-order valence-corrected chi connectivity index (χ1v) is 5.66. The molecule has 1 aliphatic rings. The summed E-state index contributed by atoms with van der Waals surface area (Å²) in [7, 11) is 2.20. The van der Waals surface area contributed by atoms with Crippen LogP contribution in [0.1, 0.15) is 4.88 Å². The van der Waals surface area contributed by atoms with E-state index in [2.05, 4.69) is 34.4 Å². The summed E-state index contributed by atoms with van der Waals surface area (Å²) in [5.74, 6) is 0. The average Bonchev–Trinajstić information content (AvgIpc) is 2.62. The second kappa shape index (κ2) is 4.22. The molecule has 0 saturated carbocycles. The Labute approximate surface area is 83.8 Å². The highest BCUT2D eigenvalue weighted by molar-refractivity contribution is 7.09. The van der Waals surface area contributed by atoms with Crippen LogP contribution in [0, 0.1) is 0 Å². The zero-order valence-electron chi connectivity index (χ0n) is 8.07. The van der Waals surface area contributed by atoms with Crippen molar-refractivity contribution in [3.8, 4) is 0 Å². The number of nitrogens with zero attached hydrogens (tertiary/aromatic N) is 2. The molecule has 1 saturated heterocycles. The van der Waals surface area contributed by atoms with Crippen LogP contribution < -0.4 is 0 Å². The third-order valence-electron chi connectivity index (χ3n) is 2.56. The summed E-state index contributed by atoms with van der Waals surface area (Å²) in [6.45, 7) is 6.01. The van der Waals surface area contributed by atoms with Gasteiger partial charge in [0.15, 0.2) is 0 Å². The van der Waals surface area contributed by atoms with Crippen molar-refractivity contribution in [2.45, 2.75) is 6.54 Å². The molecule has 1 aliphatic heterocycles. The minimum atomic E-state index is 1.14. The lowest BCUT2D eigenvalue weighted by Gasteiger charge is -2.31. The molecule has 1 aromatic heterocycles. The van der Waals surface area contributed by atoms with Gasteiger partial charge in [-0.3, -0.25) is 4.90 Å². The van der Waals surface area contributed by atoms with Crippen LogP contribution in [-0.4, -0.2) is 43.0 Å². The Morgan fingerprint density at radius 3 is 2.69 bits per heavy atom. The van der Waals surface area contributed by atoms with Gasteiger partial charge in [0, 0.05) is 37.6 Å². The number of thiophene rings is 1. The smallest absolute Gasteiger partial charge is 0.0328 e. The molecule has 2 heterocycles. The number of piperazine rings is 1. The zero-order chi connectivity index (χ0) is 9.10. The summed E-state index contributed by atoms with van der Waals surface area (Å²) < 4.78 is 0. The van der Waals surface area contributed by atoms with Crippen LogP contribution >= 0.6 is 11.3 Å². The van der Waals surface area contributed by atoms with Gasteiger partial charge >= 0.3 is 0 Å². The fraction of sp³-hybridized carbons (Fsp3) is 0.600. The second-order valence-corrected chi connectivity index (χ2v) is 4.69. The van der Waals surface area contributed by atoms with Crippen LogP contribution in [0.5, 0.6) is 0 Å².